The monoisotopic (exact) mass is 356 g/mol. The number of halogens is 3. The van der Waals surface area contributed by atoms with E-state index in [1.807, 2.05) is 12.1 Å². The molecule has 0 saturated carbocycles. The van der Waals surface area contributed by atoms with E-state index in [1.54, 1.807) is 19.1 Å². The summed E-state index contributed by atoms with van der Waals surface area (Å²) in [6, 6.07) is 8.13. The first kappa shape index (κ1) is 15.4. The summed E-state index contributed by atoms with van der Waals surface area (Å²) in [5.41, 5.74) is -0.161. The van der Waals surface area contributed by atoms with E-state index in [-0.39, 0.29) is 5.69 Å². The lowest BCUT2D eigenvalue weighted by Crippen LogP contribution is -2.11. The molecule has 0 aliphatic heterocycles. The van der Waals surface area contributed by atoms with Crippen molar-refractivity contribution in [3.05, 3.63) is 68.2 Å². The first-order valence-corrected chi connectivity index (χ1v) is 6.84. The van der Waals surface area contributed by atoms with Crippen molar-refractivity contribution in [1.82, 2.24) is 0 Å². The third-order valence-electron chi connectivity index (χ3n) is 2.96. The lowest BCUT2D eigenvalue weighted by Gasteiger charge is -2.17. The van der Waals surface area contributed by atoms with Gasteiger partial charge in [0.15, 0.2) is 5.82 Å². The standard InChI is InChI=1S/C14H11BrF2N2O2/c1-8(10-4-2-3-5-11(10)15)18-14-12(17)6-9(16)7-13(14)19(20)21/h2-8,18H,1H3. The number of nitrogens with zero attached hydrogens (tertiary/aromatic N) is 1. The zero-order valence-electron chi connectivity index (χ0n) is 10.9. The quantitative estimate of drug-likeness (QED) is 0.631. The van der Waals surface area contributed by atoms with E-state index < -0.39 is 28.3 Å². The van der Waals surface area contributed by atoms with Crippen LogP contribution in [0.15, 0.2) is 40.9 Å². The first-order valence-electron chi connectivity index (χ1n) is 6.04. The molecule has 0 radical (unpaired) electrons. The Labute approximate surface area is 128 Å². The maximum atomic E-state index is 13.8. The van der Waals surface area contributed by atoms with E-state index in [1.165, 1.54) is 0 Å². The SMILES string of the molecule is CC(Nc1c(F)cc(F)cc1[N+](=O)[O-])c1ccccc1Br. The molecular weight excluding hydrogens is 346 g/mol. The van der Waals surface area contributed by atoms with Crippen LogP contribution in [0, 0.1) is 21.7 Å². The van der Waals surface area contributed by atoms with Crippen LogP contribution in [0.3, 0.4) is 0 Å². The summed E-state index contributed by atoms with van der Waals surface area (Å²) >= 11 is 3.36. The Kier molecular flexibility index (Phi) is 4.52. The van der Waals surface area contributed by atoms with E-state index in [2.05, 4.69) is 21.2 Å². The molecule has 1 unspecified atom stereocenters. The van der Waals surface area contributed by atoms with Crippen molar-refractivity contribution in [3.63, 3.8) is 0 Å². The third-order valence-corrected chi connectivity index (χ3v) is 3.69. The Bertz CT molecular complexity index is 695. The van der Waals surface area contributed by atoms with Crippen LogP contribution in [0.4, 0.5) is 20.2 Å². The highest BCUT2D eigenvalue weighted by molar-refractivity contribution is 9.10. The molecule has 0 bridgehead atoms. The zero-order valence-corrected chi connectivity index (χ0v) is 12.5. The van der Waals surface area contributed by atoms with E-state index in [0.717, 1.165) is 10.0 Å². The summed E-state index contributed by atoms with van der Waals surface area (Å²) in [4.78, 5) is 10.1. The lowest BCUT2D eigenvalue weighted by atomic mass is 10.1. The summed E-state index contributed by atoms with van der Waals surface area (Å²) in [5.74, 6) is -1.99. The van der Waals surface area contributed by atoms with Crippen molar-refractivity contribution in [2.24, 2.45) is 0 Å². The minimum atomic E-state index is -0.999. The molecule has 0 amide bonds. The van der Waals surface area contributed by atoms with Gasteiger partial charge in [-0.05, 0) is 18.6 Å². The highest BCUT2D eigenvalue weighted by Crippen LogP contribution is 2.33. The average molecular weight is 357 g/mol. The highest BCUT2D eigenvalue weighted by atomic mass is 79.9. The molecule has 2 aromatic carbocycles. The molecule has 0 aliphatic rings. The summed E-state index contributed by atoms with van der Waals surface area (Å²) in [5, 5.41) is 13.7. The molecule has 0 spiro atoms. The molecule has 1 atom stereocenters. The molecule has 1 N–H and O–H groups in total. The molecule has 21 heavy (non-hydrogen) atoms. The van der Waals surface area contributed by atoms with Gasteiger partial charge in [0.2, 0.25) is 0 Å². The van der Waals surface area contributed by atoms with Crippen LogP contribution in [0.1, 0.15) is 18.5 Å². The maximum Gasteiger partial charge on any atom is 0.298 e. The number of benzene rings is 2. The van der Waals surface area contributed by atoms with Gasteiger partial charge in [-0.25, -0.2) is 8.78 Å². The summed E-state index contributed by atoms with van der Waals surface area (Å²) in [6.45, 7) is 1.73. The molecule has 7 heteroatoms. The van der Waals surface area contributed by atoms with Crippen molar-refractivity contribution in [2.45, 2.75) is 13.0 Å². The third kappa shape index (κ3) is 3.36. The second kappa shape index (κ2) is 6.17. The van der Waals surface area contributed by atoms with E-state index in [4.69, 9.17) is 0 Å². The molecule has 0 aromatic heterocycles. The van der Waals surface area contributed by atoms with Gasteiger partial charge in [-0.3, -0.25) is 10.1 Å². The Morgan fingerprint density at radius 2 is 1.95 bits per heavy atom. The fraction of sp³-hybridized carbons (Fsp3) is 0.143. The van der Waals surface area contributed by atoms with Gasteiger partial charge in [0, 0.05) is 16.6 Å². The number of hydrogen-bond donors (Lipinski definition) is 1. The number of rotatable bonds is 4. The van der Waals surface area contributed by atoms with Gasteiger partial charge in [-0.15, -0.1) is 0 Å². The normalized spacial score (nSPS) is 12.0. The molecule has 110 valence electrons. The molecule has 0 saturated heterocycles. The van der Waals surface area contributed by atoms with Crippen molar-refractivity contribution >= 4 is 27.3 Å². The van der Waals surface area contributed by atoms with Gasteiger partial charge < -0.3 is 5.32 Å². The number of nitro groups is 1. The van der Waals surface area contributed by atoms with Gasteiger partial charge in [0.25, 0.3) is 5.69 Å². The second-order valence-corrected chi connectivity index (χ2v) is 5.28. The lowest BCUT2D eigenvalue weighted by molar-refractivity contribution is -0.384. The summed E-state index contributed by atoms with van der Waals surface area (Å²) in [7, 11) is 0. The molecular formula is C14H11BrF2N2O2. The van der Waals surface area contributed by atoms with Crippen LogP contribution in [-0.4, -0.2) is 4.92 Å². The van der Waals surface area contributed by atoms with Gasteiger partial charge in [0.1, 0.15) is 11.5 Å². The van der Waals surface area contributed by atoms with E-state index >= 15 is 0 Å². The van der Waals surface area contributed by atoms with Gasteiger partial charge in [-0.1, -0.05) is 34.1 Å². The molecule has 0 heterocycles. The van der Waals surface area contributed by atoms with Gasteiger partial charge in [0.05, 0.1) is 11.0 Å². The van der Waals surface area contributed by atoms with E-state index in [9.17, 15) is 18.9 Å². The molecule has 0 aliphatic carbocycles. The minimum absolute atomic E-state index is 0.329. The zero-order chi connectivity index (χ0) is 15.6. The molecule has 4 nitrogen and oxygen atoms in total. The van der Waals surface area contributed by atoms with Gasteiger partial charge >= 0.3 is 0 Å². The van der Waals surface area contributed by atoms with Crippen molar-refractivity contribution < 1.29 is 13.7 Å². The fourth-order valence-electron chi connectivity index (χ4n) is 1.97. The van der Waals surface area contributed by atoms with Crippen LogP contribution in [0.5, 0.6) is 0 Å². The van der Waals surface area contributed by atoms with Crippen LogP contribution in [-0.2, 0) is 0 Å². The van der Waals surface area contributed by atoms with Crippen LogP contribution in [0.2, 0.25) is 0 Å². The Hall–Kier alpha value is -2.02. The van der Waals surface area contributed by atoms with Crippen molar-refractivity contribution in [2.75, 3.05) is 5.32 Å². The summed E-state index contributed by atoms with van der Waals surface area (Å²) in [6.07, 6.45) is 0. The largest absolute Gasteiger partial charge is 0.371 e. The van der Waals surface area contributed by atoms with Crippen molar-refractivity contribution in [1.29, 1.82) is 0 Å². The van der Waals surface area contributed by atoms with Crippen LogP contribution < -0.4 is 5.32 Å². The number of hydrogen-bond acceptors (Lipinski definition) is 3. The predicted octanol–water partition coefficient (Wildman–Crippen LogP) is 4.81. The summed E-state index contributed by atoms with van der Waals surface area (Å²) < 4.78 is 27.7. The number of anilines is 1. The average Bonchev–Trinajstić information content (AvgIpc) is 2.41. The minimum Gasteiger partial charge on any atom is -0.371 e. The first-order chi connectivity index (χ1) is 9.90. The number of nitrogens with one attached hydrogen (secondary N) is 1. The van der Waals surface area contributed by atoms with Gasteiger partial charge in [-0.2, -0.15) is 0 Å². The Balaban J connectivity index is 2.40. The van der Waals surface area contributed by atoms with Crippen LogP contribution >= 0.6 is 15.9 Å². The highest BCUT2D eigenvalue weighted by Gasteiger charge is 2.22. The predicted molar refractivity (Wildman–Crippen MR) is 79.2 cm³/mol. The topological polar surface area (TPSA) is 55.2 Å². The van der Waals surface area contributed by atoms with Crippen LogP contribution in [0.25, 0.3) is 0 Å². The Morgan fingerprint density at radius 1 is 1.29 bits per heavy atom. The van der Waals surface area contributed by atoms with Crippen molar-refractivity contribution in [3.8, 4) is 0 Å². The smallest absolute Gasteiger partial charge is 0.298 e. The Morgan fingerprint density at radius 3 is 2.57 bits per heavy atom. The molecule has 0 fully saturated rings. The maximum absolute atomic E-state index is 13.8. The fourth-order valence-corrected chi connectivity index (χ4v) is 2.60. The molecule has 2 rings (SSSR count). The molecule has 2 aromatic rings. The second-order valence-electron chi connectivity index (χ2n) is 4.43. The van der Waals surface area contributed by atoms with E-state index in [0.29, 0.717) is 12.1 Å². The number of nitro benzene ring substituents is 1.